The predicted molar refractivity (Wildman–Crippen MR) is 81.6 cm³/mol. The quantitative estimate of drug-likeness (QED) is 0.520. The van der Waals surface area contributed by atoms with Gasteiger partial charge in [0.25, 0.3) is 0 Å². The molecule has 4 nitrogen and oxygen atoms in total. The van der Waals surface area contributed by atoms with Crippen LogP contribution in [0.4, 0.5) is 0 Å². The third-order valence-corrected chi connectivity index (χ3v) is 3.68. The van der Waals surface area contributed by atoms with Gasteiger partial charge in [0, 0.05) is 31.7 Å². The molecule has 4 heteroatoms. The Bertz CT molecular complexity index is 293. The molecule has 2 aliphatic carbocycles. The monoisotopic (exact) mass is 266 g/mol. The zero-order valence-electron chi connectivity index (χ0n) is 12.8. The minimum atomic E-state index is 0.434. The summed E-state index contributed by atoms with van der Waals surface area (Å²) in [7, 11) is 0. The van der Waals surface area contributed by atoms with Gasteiger partial charge in [-0.2, -0.15) is 0 Å². The number of hydrogen-bond acceptors (Lipinski definition) is 2. The van der Waals surface area contributed by atoms with Gasteiger partial charge in [-0.15, -0.1) is 0 Å². The lowest BCUT2D eigenvalue weighted by Gasteiger charge is -2.21. The van der Waals surface area contributed by atoms with Gasteiger partial charge in [0.2, 0.25) is 0 Å². The van der Waals surface area contributed by atoms with Gasteiger partial charge in [-0.25, -0.2) is 0 Å². The van der Waals surface area contributed by atoms with Crippen molar-refractivity contribution in [1.82, 2.24) is 15.5 Å². The fraction of sp³-hybridized carbons (Fsp3) is 0.933. The van der Waals surface area contributed by atoms with Crippen molar-refractivity contribution in [2.24, 2.45) is 10.9 Å². The normalized spacial score (nSPS) is 20.2. The van der Waals surface area contributed by atoms with E-state index in [9.17, 15) is 0 Å². The first-order valence-electron chi connectivity index (χ1n) is 7.98. The molecule has 0 bridgehead atoms. The van der Waals surface area contributed by atoms with Crippen molar-refractivity contribution in [3.05, 3.63) is 0 Å². The maximum absolute atomic E-state index is 4.68. The van der Waals surface area contributed by atoms with Crippen LogP contribution in [0.5, 0.6) is 0 Å². The van der Waals surface area contributed by atoms with E-state index >= 15 is 0 Å². The molecule has 0 aromatic rings. The Balaban J connectivity index is 1.73. The summed E-state index contributed by atoms with van der Waals surface area (Å²) >= 11 is 0. The third kappa shape index (κ3) is 5.81. The van der Waals surface area contributed by atoms with Gasteiger partial charge in [0.15, 0.2) is 5.96 Å². The van der Waals surface area contributed by atoms with Gasteiger partial charge in [-0.1, -0.05) is 0 Å². The Kier molecular flexibility index (Phi) is 5.49. The van der Waals surface area contributed by atoms with E-state index < -0.39 is 0 Å². The van der Waals surface area contributed by atoms with E-state index in [0.29, 0.717) is 6.04 Å². The Morgan fingerprint density at radius 2 is 2.00 bits per heavy atom. The van der Waals surface area contributed by atoms with Gasteiger partial charge in [0.1, 0.15) is 0 Å². The van der Waals surface area contributed by atoms with Crippen molar-refractivity contribution in [3.63, 3.8) is 0 Å². The largest absolute Gasteiger partial charge is 0.357 e. The van der Waals surface area contributed by atoms with E-state index in [4.69, 9.17) is 0 Å². The SMILES string of the molecule is CCNC(=NCCN(CC1CC1)C1CC1)NC(C)C. The molecule has 0 saturated heterocycles. The zero-order chi connectivity index (χ0) is 13.7. The molecule has 2 saturated carbocycles. The number of rotatable bonds is 8. The summed E-state index contributed by atoms with van der Waals surface area (Å²) in [6.45, 7) is 10.7. The van der Waals surface area contributed by atoms with Gasteiger partial charge in [0.05, 0.1) is 6.54 Å². The van der Waals surface area contributed by atoms with Crippen molar-refractivity contribution >= 4 is 5.96 Å². The van der Waals surface area contributed by atoms with Gasteiger partial charge in [-0.05, 0) is 52.4 Å². The van der Waals surface area contributed by atoms with E-state index in [1.54, 1.807) is 0 Å². The molecular formula is C15H30N4. The summed E-state index contributed by atoms with van der Waals surface area (Å²) < 4.78 is 0. The lowest BCUT2D eigenvalue weighted by atomic mass is 10.3. The molecule has 2 fully saturated rings. The summed E-state index contributed by atoms with van der Waals surface area (Å²) in [5.74, 6) is 1.95. The summed E-state index contributed by atoms with van der Waals surface area (Å²) in [6.07, 6.45) is 5.70. The molecule has 0 aromatic carbocycles. The van der Waals surface area contributed by atoms with Crippen LogP contribution < -0.4 is 10.6 Å². The van der Waals surface area contributed by atoms with E-state index in [2.05, 4.69) is 41.3 Å². The summed E-state index contributed by atoms with van der Waals surface area (Å²) in [4.78, 5) is 7.35. The van der Waals surface area contributed by atoms with Crippen LogP contribution in [0.3, 0.4) is 0 Å². The third-order valence-electron chi connectivity index (χ3n) is 3.68. The highest BCUT2D eigenvalue weighted by Gasteiger charge is 2.33. The van der Waals surface area contributed by atoms with Crippen LogP contribution in [0.1, 0.15) is 46.5 Å². The fourth-order valence-electron chi connectivity index (χ4n) is 2.38. The second kappa shape index (κ2) is 7.13. The highest BCUT2D eigenvalue weighted by Crippen LogP contribution is 2.34. The minimum absolute atomic E-state index is 0.434. The van der Waals surface area contributed by atoms with Crippen molar-refractivity contribution < 1.29 is 0 Å². The maximum Gasteiger partial charge on any atom is 0.191 e. The molecule has 0 aromatic heterocycles. The smallest absolute Gasteiger partial charge is 0.191 e. The van der Waals surface area contributed by atoms with E-state index in [1.807, 2.05) is 0 Å². The van der Waals surface area contributed by atoms with Gasteiger partial charge in [-0.3, -0.25) is 9.89 Å². The molecule has 0 aliphatic heterocycles. The first-order valence-corrected chi connectivity index (χ1v) is 7.98. The molecule has 110 valence electrons. The summed E-state index contributed by atoms with van der Waals surface area (Å²) in [5, 5.41) is 6.68. The van der Waals surface area contributed by atoms with Crippen LogP contribution in [0.2, 0.25) is 0 Å². The van der Waals surface area contributed by atoms with Crippen LogP contribution in [0.15, 0.2) is 4.99 Å². The number of guanidine groups is 1. The molecule has 2 N–H and O–H groups in total. The first kappa shape index (κ1) is 14.6. The van der Waals surface area contributed by atoms with Crippen LogP contribution in [-0.2, 0) is 0 Å². The van der Waals surface area contributed by atoms with Crippen molar-refractivity contribution in [2.75, 3.05) is 26.2 Å². The second-order valence-electron chi connectivity index (χ2n) is 6.23. The highest BCUT2D eigenvalue weighted by atomic mass is 15.2. The van der Waals surface area contributed by atoms with E-state index in [1.165, 1.54) is 32.2 Å². The molecule has 0 amide bonds. The molecule has 0 radical (unpaired) electrons. The fourth-order valence-corrected chi connectivity index (χ4v) is 2.38. The summed E-state index contributed by atoms with van der Waals surface area (Å²) in [6, 6.07) is 1.31. The Morgan fingerprint density at radius 3 is 2.53 bits per heavy atom. The standard InChI is InChI=1S/C15H30N4/c1-4-16-15(18-12(2)3)17-9-10-19(14-7-8-14)11-13-5-6-13/h12-14H,4-11H2,1-3H3,(H2,16,17,18). The molecular weight excluding hydrogens is 236 g/mol. The van der Waals surface area contributed by atoms with Crippen LogP contribution in [-0.4, -0.2) is 49.1 Å². The molecule has 2 rings (SSSR count). The van der Waals surface area contributed by atoms with Crippen molar-refractivity contribution in [2.45, 2.75) is 58.5 Å². The molecule has 2 aliphatic rings. The average molecular weight is 266 g/mol. The lowest BCUT2D eigenvalue weighted by molar-refractivity contribution is 0.260. The first-order chi connectivity index (χ1) is 9.19. The Hall–Kier alpha value is -0.770. The van der Waals surface area contributed by atoms with E-state index in [-0.39, 0.29) is 0 Å². The molecule has 0 heterocycles. The summed E-state index contributed by atoms with van der Waals surface area (Å²) in [5.41, 5.74) is 0. The van der Waals surface area contributed by atoms with Crippen LogP contribution in [0, 0.1) is 5.92 Å². The molecule has 19 heavy (non-hydrogen) atoms. The Labute approximate surface area is 118 Å². The second-order valence-corrected chi connectivity index (χ2v) is 6.23. The number of nitrogens with one attached hydrogen (secondary N) is 2. The molecule has 0 atom stereocenters. The van der Waals surface area contributed by atoms with Gasteiger partial charge < -0.3 is 10.6 Å². The number of hydrogen-bond donors (Lipinski definition) is 2. The maximum atomic E-state index is 4.68. The zero-order valence-corrected chi connectivity index (χ0v) is 12.8. The number of aliphatic imine (C=N–C) groups is 1. The molecule has 0 spiro atoms. The van der Waals surface area contributed by atoms with Crippen LogP contribution >= 0.6 is 0 Å². The van der Waals surface area contributed by atoms with E-state index in [0.717, 1.165) is 37.6 Å². The minimum Gasteiger partial charge on any atom is -0.357 e. The van der Waals surface area contributed by atoms with Crippen LogP contribution in [0.25, 0.3) is 0 Å². The predicted octanol–water partition coefficient (Wildman–Crippen LogP) is 1.82. The Morgan fingerprint density at radius 1 is 1.26 bits per heavy atom. The highest BCUT2D eigenvalue weighted by molar-refractivity contribution is 5.79. The topological polar surface area (TPSA) is 39.7 Å². The molecule has 0 unspecified atom stereocenters. The average Bonchev–Trinajstić information content (AvgIpc) is 3.21. The van der Waals surface area contributed by atoms with Crippen molar-refractivity contribution in [1.29, 1.82) is 0 Å². The van der Waals surface area contributed by atoms with Crippen molar-refractivity contribution in [3.8, 4) is 0 Å². The number of nitrogens with zero attached hydrogens (tertiary/aromatic N) is 2. The van der Waals surface area contributed by atoms with Gasteiger partial charge >= 0.3 is 0 Å². The lowest BCUT2D eigenvalue weighted by Crippen LogP contribution is -2.41.